The van der Waals surface area contributed by atoms with Crippen LogP contribution in [-0.2, 0) is 10.0 Å². The lowest BCUT2D eigenvalue weighted by Gasteiger charge is -2.26. The van der Waals surface area contributed by atoms with Gasteiger partial charge in [-0.1, -0.05) is 29.8 Å². The summed E-state index contributed by atoms with van der Waals surface area (Å²) in [7, 11) is 1.56. The van der Waals surface area contributed by atoms with E-state index in [4.69, 9.17) is 16.3 Å². The molecular weight excluding hydrogens is 462 g/mol. The molecule has 0 bridgehead atoms. The Balaban J connectivity index is 1.67. The summed E-state index contributed by atoms with van der Waals surface area (Å²) < 4.78 is 32.9. The monoisotopic (exact) mass is 487 g/mol. The minimum Gasteiger partial charge on any atom is -0.497 e. The number of carbonyl (C=O) groups is 1. The Kier molecular flexibility index (Phi) is 7.97. The highest BCUT2D eigenvalue weighted by atomic mass is 35.5. The first kappa shape index (κ1) is 24.6. The molecule has 3 rings (SSSR count). The van der Waals surface area contributed by atoms with E-state index in [0.29, 0.717) is 28.6 Å². The fourth-order valence-electron chi connectivity index (χ4n) is 3.27. The Morgan fingerprint density at radius 3 is 2.21 bits per heavy atom. The molecule has 0 unspecified atom stereocenters. The Morgan fingerprint density at radius 1 is 1.00 bits per heavy atom. The number of halogens is 1. The van der Waals surface area contributed by atoms with E-state index in [1.54, 1.807) is 24.3 Å². The number of ether oxygens (including phenoxy) is 1. The van der Waals surface area contributed by atoms with Crippen molar-refractivity contribution >= 4 is 33.2 Å². The Labute approximate surface area is 199 Å². The maximum absolute atomic E-state index is 12.7. The van der Waals surface area contributed by atoms with E-state index in [1.165, 1.54) is 31.4 Å². The highest BCUT2D eigenvalue weighted by molar-refractivity contribution is 7.92. The summed E-state index contributed by atoms with van der Waals surface area (Å²) >= 11 is 6.32. The van der Waals surface area contributed by atoms with Crippen LogP contribution >= 0.6 is 11.6 Å². The number of benzene rings is 3. The SMILES string of the molecule is COc1ccc(NS(=O)(=O)c2ccc(C(=O)NC[C@@H](c3ccccc3Cl)N(C)C)cc2)cc1. The normalized spacial score (nSPS) is 12.3. The van der Waals surface area contributed by atoms with E-state index in [0.717, 1.165) is 5.56 Å². The van der Waals surface area contributed by atoms with Crippen LogP contribution in [0.1, 0.15) is 22.0 Å². The fraction of sp³-hybridized carbons (Fsp3) is 0.208. The quantitative estimate of drug-likeness (QED) is 0.472. The van der Waals surface area contributed by atoms with Crippen molar-refractivity contribution in [3.8, 4) is 5.75 Å². The topological polar surface area (TPSA) is 87.7 Å². The zero-order valence-corrected chi connectivity index (χ0v) is 20.2. The van der Waals surface area contributed by atoms with Crippen molar-refractivity contribution in [1.29, 1.82) is 0 Å². The molecule has 0 heterocycles. The average Bonchev–Trinajstić information content (AvgIpc) is 2.80. The highest BCUT2D eigenvalue weighted by Gasteiger charge is 2.19. The Hall–Kier alpha value is -3.07. The number of nitrogens with zero attached hydrogens (tertiary/aromatic N) is 1. The van der Waals surface area contributed by atoms with Crippen molar-refractivity contribution < 1.29 is 17.9 Å². The van der Waals surface area contributed by atoms with E-state index < -0.39 is 10.0 Å². The lowest BCUT2D eigenvalue weighted by atomic mass is 10.1. The number of anilines is 1. The van der Waals surface area contributed by atoms with E-state index >= 15 is 0 Å². The first-order valence-corrected chi connectivity index (χ1v) is 12.0. The van der Waals surface area contributed by atoms with Gasteiger partial charge in [0, 0.05) is 22.8 Å². The number of sulfonamides is 1. The summed E-state index contributed by atoms with van der Waals surface area (Å²) in [5.41, 5.74) is 1.68. The number of hydrogen-bond acceptors (Lipinski definition) is 5. The van der Waals surface area contributed by atoms with Crippen molar-refractivity contribution in [2.24, 2.45) is 0 Å². The molecule has 0 aliphatic heterocycles. The summed E-state index contributed by atoms with van der Waals surface area (Å²) in [6, 6.07) is 19.7. The molecule has 0 fully saturated rings. The van der Waals surface area contributed by atoms with E-state index in [9.17, 15) is 13.2 Å². The van der Waals surface area contributed by atoms with Crippen LogP contribution in [-0.4, -0.2) is 47.0 Å². The molecule has 0 saturated carbocycles. The molecule has 0 aliphatic rings. The molecule has 1 atom stereocenters. The maximum atomic E-state index is 12.7. The molecular formula is C24H26ClN3O4S. The van der Waals surface area contributed by atoms with Gasteiger partial charge >= 0.3 is 0 Å². The molecule has 33 heavy (non-hydrogen) atoms. The van der Waals surface area contributed by atoms with Crippen molar-refractivity contribution in [3.05, 3.63) is 88.9 Å². The van der Waals surface area contributed by atoms with Crippen LogP contribution in [0, 0.1) is 0 Å². The van der Waals surface area contributed by atoms with Crippen LogP contribution < -0.4 is 14.8 Å². The molecule has 174 valence electrons. The van der Waals surface area contributed by atoms with Gasteiger partial charge < -0.3 is 15.0 Å². The predicted octanol–water partition coefficient (Wildman–Crippen LogP) is 4.18. The zero-order chi connectivity index (χ0) is 24.0. The third-order valence-electron chi connectivity index (χ3n) is 5.11. The molecule has 0 aromatic heterocycles. The molecule has 3 aromatic carbocycles. The predicted molar refractivity (Wildman–Crippen MR) is 130 cm³/mol. The van der Waals surface area contributed by atoms with Crippen molar-refractivity contribution in [1.82, 2.24) is 10.2 Å². The largest absolute Gasteiger partial charge is 0.497 e. The second kappa shape index (κ2) is 10.7. The summed E-state index contributed by atoms with van der Waals surface area (Å²) in [6.07, 6.45) is 0. The van der Waals surface area contributed by atoms with E-state index in [-0.39, 0.29) is 16.8 Å². The van der Waals surface area contributed by atoms with Gasteiger partial charge in [0.05, 0.1) is 18.0 Å². The van der Waals surface area contributed by atoms with E-state index in [1.807, 2.05) is 43.3 Å². The number of carbonyl (C=O) groups excluding carboxylic acids is 1. The average molecular weight is 488 g/mol. The molecule has 0 spiro atoms. The summed E-state index contributed by atoms with van der Waals surface area (Å²) in [5.74, 6) is 0.320. The van der Waals surface area contributed by atoms with Crippen LogP contribution in [0.2, 0.25) is 5.02 Å². The zero-order valence-electron chi connectivity index (χ0n) is 18.6. The van der Waals surface area contributed by atoms with Crippen LogP contribution in [0.5, 0.6) is 5.75 Å². The van der Waals surface area contributed by atoms with Gasteiger partial charge in [-0.25, -0.2) is 8.42 Å². The third kappa shape index (κ3) is 6.25. The van der Waals surface area contributed by atoms with Crippen molar-refractivity contribution in [3.63, 3.8) is 0 Å². The van der Waals surface area contributed by atoms with Gasteiger partial charge in [0.2, 0.25) is 0 Å². The molecule has 3 aromatic rings. The molecule has 9 heteroatoms. The minimum absolute atomic E-state index is 0.0529. The van der Waals surface area contributed by atoms with Gasteiger partial charge in [0.25, 0.3) is 15.9 Å². The van der Waals surface area contributed by atoms with Gasteiger partial charge in [0.15, 0.2) is 0 Å². The van der Waals surface area contributed by atoms with Crippen LogP contribution in [0.25, 0.3) is 0 Å². The maximum Gasteiger partial charge on any atom is 0.261 e. The number of hydrogen-bond donors (Lipinski definition) is 2. The molecule has 0 radical (unpaired) electrons. The van der Waals surface area contributed by atoms with Crippen LogP contribution in [0.4, 0.5) is 5.69 Å². The standard InChI is InChI=1S/C24H26ClN3O4S/c1-28(2)23(21-6-4-5-7-22(21)25)16-26-24(29)17-8-14-20(15-9-17)33(30,31)27-18-10-12-19(32-3)13-11-18/h4-15,23,27H,16H2,1-3H3,(H,26,29)/t23-/m0/s1. The highest BCUT2D eigenvalue weighted by Crippen LogP contribution is 2.25. The number of methoxy groups -OCH3 is 1. The third-order valence-corrected chi connectivity index (χ3v) is 6.85. The molecule has 0 aliphatic carbocycles. The van der Waals surface area contributed by atoms with Gasteiger partial charge in [-0.05, 0) is 74.3 Å². The van der Waals surface area contributed by atoms with Crippen LogP contribution in [0.3, 0.4) is 0 Å². The number of nitrogens with one attached hydrogen (secondary N) is 2. The second-order valence-corrected chi connectivity index (χ2v) is 9.66. The number of likely N-dealkylation sites (N-methyl/N-ethyl adjacent to an activating group) is 1. The minimum atomic E-state index is -3.80. The lowest BCUT2D eigenvalue weighted by molar-refractivity contribution is 0.0942. The Morgan fingerprint density at radius 2 is 1.64 bits per heavy atom. The molecule has 0 saturated heterocycles. The van der Waals surface area contributed by atoms with Gasteiger partial charge in [0.1, 0.15) is 5.75 Å². The summed E-state index contributed by atoms with van der Waals surface area (Å²) in [5, 5.41) is 3.53. The van der Waals surface area contributed by atoms with Gasteiger partial charge in [-0.2, -0.15) is 0 Å². The number of amides is 1. The van der Waals surface area contributed by atoms with Gasteiger partial charge in [-0.3, -0.25) is 9.52 Å². The fourth-order valence-corrected chi connectivity index (χ4v) is 4.59. The van der Waals surface area contributed by atoms with Crippen LogP contribution in [0.15, 0.2) is 77.7 Å². The first-order chi connectivity index (χ1) is 15.7. The van der Waals surface area contributed by atoms with Crippen molar-refractivity contribution in [2.45, 2.75) is 10.9 Å². The second-order valence-electron chi connectivity index (χ2n) is 7.57. The summed E-state index contributed by atoms with van der Waals surface area (Å²) in [4.78, 5) is 14.7. The number of rotatable bonds is 9. The van der Waals surface area contributed by atoms with E-state index in [2.05, 4.69) is 10.0 Å². The molecule has 1 amide bonds. The smallest absolute Gasteiger partial charge is 0.261 e. The molecule has 7 nitrogen and oxygen atoms in total. The summed E-state index contributed by atoms with van der Waals surface area (Å²) in [6.45, 7) is 0.342. The molecule has 2 N–H and O–H groups in total. The lowest BCUT2D eigenvalue weighted by Crippen LogP contribution is -2.34. The first-order valence-electron chi connectivity index (χ1n) is 10.2. The van der Waals surface area contributed by atoms with Gasteiger partial charge in [-0.15, -0.1) is 0 Å². The van der Waals surface area contributed by atoms with Crippen molar-refractivity contribution in [2.75, 3.05) is 32.5 Å². The Bertz CT molecular complexity index is 1200.